The Morgan fingerprint density at radius 2 is 2.26 bits per heavy atom. The maximum absolute atomic E-state index is 11.9. The van der Waals surface area contributed by atoms with Gasteiger partial charge >= 0.3 is 0 Å². The summed E-state index contributed by atoms with van der Waals surface area (Å²) in [7, 11) is 0. The van der Waals surface area contributed by atoms with Crippen molar-refractivity contribution in [3.8, 4) is 0 Å². The molecule has 2 rings (SSSR count). The van der Waals surface area contributed by atoms with Crippen LogP contribution in [0.5, 0.6) is 0 Å². The molecule has 104 valence electrons. The lowest BCUT2D eigenvalue weighted by Crippen LogP contribution is -2.47. The molecule has 0 aromatic carbocycles. The van der Waals surface area contributed by atoms with Crippen molar-refractivity contribution in [3.63, 3.8) is 0 Å². The molecule has 0 spiro atoms. The number of pyridine rings is 1. The van der Waals surface area contributed by atoms with E-state index in [0.717, 1.165) is 31.6 Å². The van der Waals surface area contributed by atoms with Crippen LogP contribution in [-0.4, -0.2) is 36.6 Å². The second kappa shape index (κ2) is 6.63. The number of aromatic nitrogens is 1. The quantitative estimate of drug-likeness (QED) is 0.661. The highest BCUT2D eigenvalue weighted by atomic mass is 16.2. The summed E-state index contributed by atoms with van der Waals surface area (Å²) < 4.78 is 0. The summed E-state index contributed by atoms with van der Waals surface area (Å²) in [6.07, 6.45) is 3.51. The molecule has 3 N–H and O–H groups in total. The lowest BCUT2D eigenvalue weighted by Gasteiger charge is -2.25. The molecule has 0 radical (unpaired) electrons. The molecule has 5 heteroatoms. The van der Waals surface area contributed by atoms with Crippen molar-refractivity contribution < 1.29 is 4.79 Å². The van der Waals surface area contributed by atoms with Gasteiger partial charge in [-0.25, -0.2) is 4.98 Å². The van der Waals surface area contributed by atoms with Crippen LogP contribution in [0.3, 0.4) is 0 Å². The first-order chi connectivity index (χ1) is 9.24. The number of anilines is 1. The van der Waals surface area contributed by atoms with Gasteiger partial charge in [0.25, 0.3) is 0 Å². The average molecular weight is 262 g/mol. The monoisotopic (exact) mass is 262 g/mol. The van der Waals surface area contributed by atoms with Gasteiger partial charge in [0.15, 0.2) is 0 Å². The maximum atomic E-state index is 11.9. The molecular formula is C14H22N4O. The van der Waals surface area contributed by atoms with Crippen molar-refractivity contribution in [1.29, 1.82) is 0 Å². The van der Waals surface area contributed by atoms with Gasteiger partial charge in [-0.3, -0.25) is 4.79 Å². The van der Waals surface area contributed by atoms with Gasteiger partial charge in [0, 0.05) is 25.7 Å². The Labute approximate surface area is 114 Å². The van der Waals surface area contributed by atoms with Crippen LogP contribution in [0.1, 0.15) is 25.0 Å². The van der Waals surface area contributed by atoms with Gasteiger partial charge in [0.2, 0.25) is 5.91 Å². The summed E-state index contributed by atoms with van der Waals surface area (Å²) in [5.41, 5.74) is 2.33. The van der Waals surface area contributed by atoms with Crippen molar-refractivity contribution in [3.05, 3.63) is 23.4 Å². The Balaban J connectivity index is 1.99. The minimum Gasteiger partial charge on any atom is -0.316 e. The molecule has 0 bridgehead atoms. The molecule has 0 saturated heterocycles. The van der Waals surface area contributed by atoms with E-state index in [1.807, 2.05) is 6.20 Å². The van der Waals surface area contributed by atoms with Crippen LogP contribution >= 0.6 is 0 Å². The fourth-order valence-corrected chi connectivity index (χ4v) is 2.21. The molecule has 1 unspecified atom stereocenters. The zero-order valence-corrected chi connectivity index (χ0v) is 11.6. The normalized spacial score (nSPS) is 18.0. The third-order valence-corrected chi connectivity index (χ3v) is 3.36. The van der Waals surface area contributed by atoms with Crippen LogP contribution in [0, 0.1) is 0 Å². The van der Waals surface area contributed by atoms with E-state index in [9.17, 15) is 4.79 Å². The van der Waals surface area contributed by atoms with E-state index in [4.69, 9.17) is 0 Å². The van der Waals surface area contributed by atoms with Crippen LogP contribution in [0.15, 0.2) is 12.3 Å². The third kappa shape index (κ3) is 3.52. The van der Waals surface area contributed by atoms with Gasteiger partial charge in [0.05, 0.1) is 6.04 Å². The van der Waals surface area contributed by atoms with Crippen LogP contribution in [0.25, 0.3) is 0 Å². The van der Waals surface area contributed by atoms with E-state index in [2.05, 4.69) is 40.8 Å². The molecule has 1 aromatic heterocycles. The standard InChI is InChI=1S/C14H22N4O/c1-3-10-7-11-8-12(16-6-5-15-4-2)14(19)18-13(11)17-9-10/h7,9,12,15-16H,3-6,8H2,1-2H3,(H,17,18,19). The average Bonchev–Trinajstić information content (AvgIpc) is 2.43. The van der Waals surface area contributed by atoms with Crippen LogP contribution < -0.4 is 16.0 Å². The topological polar surface area (TPSA) is 66.1 Å². The number of amides is 1. The number of hydrogen-bond donors (Lipinski definition) is 3. The minimum atomic E-state index is -0.153. The van der Waals surface area contributed by atoms with Crippen LogP contribution in [0.2, 0.25) is 0 Å². The van der Waals surface area contributed by atoms with Crippen LogP contribution in [-0.2, 0) is 17.6 Å². The van der Waals surface area contributed by atoms with Gasteiger partial charge in [-0.1, -0.05) is 19.9 Å². The Morgan fingerprint density at radius 3 is 3.00 bits per heavy atom. The zero-order valence-electron chi connectivity index (χ0n) is 11.6. The van der Waals surface area contributed by atoms with Gasteiger partial charge in [-0.2, -0.15) is 0 Å². The number of fused-ring (bicyclic) bond motifs is 1. The van der Waals surface area contributed by atoms with Crippen molar-refractivity contribution in [2.45, 2.75) is 32.7 Å². The smallest absolute Gasteiger partial charge is 0.243 e. The molecule has 19 heavy (non-hydrogen) atoms. The number of hydrogen-bond acceptors (Lipinski definition) is 4. The van der Waals surface area contributed by atoms with Crippen molar-refractivity contribution in [1.82, 2.24) is 15.6 Å². The molecule has 0 saturated carbocycles. The second-order valence-corrected chi connectivity index (χ2v) is 4.76. The van der Waals surface area contributed by atoms with E-state index in [-0.39, 0.29) is 11.9 Å². The van der Waals surface area contributed by atoms with Crippen molar-refractivity contribution >= 4 is 11.7 Å². The molecule has 0 aliphatic carbocycles. The lowest BCUT2D eigenvalue weighted by molar-refractivity contribution is -0.118. The maximum Gasteiger partial charge on any atom is 0.243 e. The van der Waals surface area contributed by atoms with Crippen LogP contribution in [0.4, 0.5) is 5.82 Å². The Kier molecular flexibility index (Phi) is 4.87. The Bertz CT molecular complexity index is 447. The summed E-state index contributed by atoms with van der Waals surface area (Å²) in [6.45, 7) is 6.80. The summed E-state index contributed by atoms with van der Waals surface area (Å²) in [5, 5.41) is 9.38. The largest absolute Gasteiger partial charge is 0.316 e. The molecule has 0 fully saturated rings. The molecule has 2 heterocycles. The van der Waals surface area contributed by atoms with E-state index in [1.54, 1.807) is 0 Å². The van der Waals surface area contributed by atoms with Gasteiger partial charge < -0.3 is 16.0 Å². The fraction of sp³-hybridized carbons (Fsp3) is 0.571. The molecule has 1 atom stereocenters. The van der Waals surface area contributed by atoms with E-state index in [0.29, 0.717) is 12.2 Å². The number of carbonyl (C=O) groups excluding carboxylic acids is 1. The number of nitrogens with one attached hydrogen (secondary N) is 3. The highest BCUT2D eigenvalue weighted by Gasteiger charge is 2.26. The third-order valence-electron chi connectivity index (χ3n) is 3.36. The van der Waals surface area contributed by atoms with Gasteiger partial charge in [0.1, 0.15) is 5.82 Å². The van der Waals surface area contributed by atoms with E-state index >= 15 is 0 Å². The van der Waals surface area contributed by atoms with E-state index < -0.39 is 0 Å². The molecule has 5 nitrogen and oxygen atoms in total. The number of nitrogens with zero attached hydrogens (tertiary/aromatic N) is 1. The van der Waals surface area contributed by atoms with Crippen molar-refractivity contribution in [2.75, 3.05) is 25.0 Å². The number of rotatable bonds is 6. The summed E-state index contributed by atoms with van der Waals surface area (Å²) in [4.78, 5) is 16.3. The second-order valence-electron chi connectivity index (χ2n) is 4.76. The minimum absolute atomic E-state index is 0.0146. The molecule has 1 aliphatic heterocycles. The predicted molar refractivity (Wildman–Crippen MR) is 76.3 cm³/mol. The first-order valence-electron chi connectivity index (χ1n) is 6.97. The highest BCUT2D eigenvalue weighted by Crippen LogP contribution is 2.21. The van der Waals surface area contributed by atoms with Gasteiger partial charge in [-0.05, 0) is 24.1 Å². The molecular weight excluding hydrogens is 240 g/mol. The zero-order chi connectivity index (χ0) is 13.7. The molecule has 1 amide bonds. The first-order valence-corrected chi connectivity index (χ1v) is 6.97. The predicted octanol–water partition coefficient (Wildman–Crippen LogP) is 0.706. The summed E-state index contributed by atoms with van der Waals surface area (Å²) in [6, 6.07) is 1.99. The summed E-state index contributed by atoms with van der Waals surface area (Å²) in [5.74, 6) is 0.729. The lowest BCUT2D eigenvalue weighted by atomic mass is 10.00. The SMILES string of the molecule is CCNCCNC1Cc2cc(CC)cnc2NC1=O. The Morgan fingerprint density at radius 1 is 1.42 bits per heavy atom. The van der Waals surface area contributed by atoms with E-state index in [1.165, 1.54) is 5.56 Å². The molecule has 1 aromatic rings. The van der Waals surface area contributed by atoms with Crippen molar-refractivity contribution in [2.24, 2.45) is 0 Å². The van der Waals surface area contributed by atoms with Gasteiger partial charge in [-0.15, -0.1) is 0 Å². The summed E-state index contributed by atoms with van der Waals surface area (Å²) >= 11 is 0. The fourth-order valence-electron chi connectivity index (χ4n) is 2.21. The molecule has 1 aliphatic rings. The number of likely N-dealkylation sites (N-methyl/N-ethyl adjacent to an activating group) is 1. The highest BCUT2D eigenvalue weighted by molar-refractivity contribution is 5.97. The number of aryl methyl sites for hydroxylation is 1. The first kappa shape index (κ1) is 14.0. The number of carbonyl (C=O) groups is 1. The Hall–Kier alpha value is -1.46.